The van der Waals surface area contributed by atoms with Gasteiger partial charge >= 0.3 is 0 Å². The van der Waals surface area contributed by atoms with Crippen molar-refractivity contribution in [3.63, 3.8) is 0 Å². The molecule has 0 fully saturated rings. The second kappa shape index (κ2) is 8.13. The molecule has 0 amide bonds. The molecule has 3 heteroatoms. The van der Waals surface area contributed by atoms with Crippen molar-refractivity contribution in [2.75, 3.05) is 19.7 Å². The summed E-state index contributed by atoms with van der Waals surface area (Å²) in [6.07, 6.45) is 3.00. The van der Waals surface area contributed by atoms with Crippen molar-refractivity contribution >= 4 is 0 Å². The van der Waals surface area contributed by atoms with Gasteiger partial charge in [0.05, 0.1) is 0 Å². The smallest absolute Gasteiger partial charge is 0.147 e. The second-order valence-corrected chi connectivity index (χ2v) is 3.76. The number of para-hydroxylation sites is 1. The summed E-state index contributed by atoms with van der Waals surface area (Å²) in [7, 11) is 0. The van der Waals surface area contributed by atoms with Crippen LogP contribution in [0.4, 0.5) is 0 Å². The third-order valence-corrected chi connectivity index (χ3v) is 2.30. The molecule has 0 heterocycles. The molecule has 1 aromatic carbocycles. The number of rotatable bonds is 8. The summed E-state index contributed by atoms with van der Waals surface area (Å²) in [5, 5.41) is 10.8. The number of hydroxylamine groups is 2. The van der Waals surface area contributed by atoms with Crippen molar-refractivity contribution in [2.45, 2.75) is 26.2 Å². The van der Waals surface area contributed by atoms with Gasteiger partial charge in [0, 0.05) is 19.7 Å². The van der Waals surface area contributed by atoms with Crippen LogP contribution in [0.15, 0.2) is 30.3 Å². The molecule has 0 aromatic heterocycles. The van der Waals surface area contributed by atoms with Gasteiger partial charge < -0.3 is 9.94 Å². The maximum absolute atomic E-state index is 8.82. The number of aliphatic hydroxyl groups excluding tert-OH is 1. The van der Waals surface area contributed by atoms with Crippen LogP contribution in [0.3, 0.4) is 0 Å². The van der Waals surface area contributed by atoms with Gasteiger partial charge in [0.1, 0.15) is 5.75 Å². The molecule has 16 heavy (non-hydrogen) atoms. The largest absolute Gasteiger partial charge is 0.406 e. The van der Waals surface area contributed by atoms with Crippen molar-refractivity contribution in [1.29, 1.82) is 0 Å². The Bertz CT molecular complexity index is 256. The molecule has 0 bridgehead atoms. The predicted octanol–water partition coefficient (Wildman–Crippen LogP) is 2.46. The summed E-state index contributed by atoms with van der Waals surface area (Å²) < 4.78 is 0. The molecule has 0 saturated carbocycles. The molecule has 0 saturated heterocycles. The first-order chi connectivity index (χ1) is 7.86. The van der Waals surface area contributed by atoms with E-state index < -0.39 is 0 Å². The lowest BCUT2D eigenvalue weighted by atomic mass is 10.3. The third-order valence-electron chi connectivity index (χ3n) is 2.30. The highest BCUT2D eigenvalue weighted by atomic mass is 16.7. The Morgan fingerprint density at radius 2 is 1.81 bits per heavy atom. The van der Waals surface area contributed by atoms with Crippen LogP contribution in [0.25, 0.3) is 0 Å². The summed E-state index contributed by atoms with van der Waals surface area (Å²) in [5.74, 6) is 0.858. The van der Waals surface area contributed by atoms with Gasteiger partial charge in [-0.05, 0) is 25.0 Å². The Labute approximate surface area is 97.6 Å². The molecule has 0 aliphatic rings. The highest BCUT2D eigenvalue weighted by molar-refractivity contribution is 5.20. The molecular formula is C13H21NO2. The van der Waals surface area contributed by atoms with E-state index >= 15 is 0 Å². The zero-order valence-corrected chi connectivity index (χ0v) is 9.93. The van der Waals surface area contributed by atoms with Crippen molar-refractivity contribution < 1.29 is 9.94 Å². The lowest BCUT2D eigenvalue weighted by Gasteiger charge is -2.21. The van der Waals surface area contributed by atoms with Gasteiger partial charge in [-0.2, -0.15) is 0 Å². The summed E-state index contributed by atoms with van der Waals surface area (Å²) in [4.78, 5) is 5.74. The van der Waals surface area contributed by atoms with Crippen LogP contribution in [0, 0.1) is 0 Å². The monoisotopic (exact) mass is 223 g/mol. The standard InChI is InChI=1S/C13H21NO2/c1-2-3-10-14(11-7-12-15)16-13-8-5-4-6-9-13/h4-6,8-9,15H,2-3,7,10-12H2,1H3. The van der Waals surface area contributed by atoms with Gasteiger partial charge in [-0.3, -0.25) is 0 Å². The molecule has 0 aliphatic carbocycles. The Kier molecular flexibility index (Phi) is 6.61. The van der Waals surface area contributed by atoms with Gasteiger partial charge in [-0.15, -0.1) is 5.06 Å². The first-order valence-corrected chi connectivity index (χ1v) is 5.95. The first kappa shape index (κ1) is 13.0. The topological polar surface area (TPSA) is 32.7 Å². The zero-order chi connectivity index (χ0) is 11.6. The number of hydrogen-bond donors (Lipinski definition) is 1. The molecule has 0 atom stereocenters. The van der Waals surface area contributed by atoms with E-state index in [1.807, 2.05) is 35.4 Å². The predicted molar refractivity (Wildman–Crippen MR) is 65.3 cm³/mol. The minimum Gasteiger partial charge on any atom is -0.406 e. The van der Waals surface area contributed by atoms with Crippen molar-refractivity contribution in [3.05, 3.63) is 30.3 Å². The quantitative estimate of drug-likeness (QED) is 0.687. The van der Waals surface area contributed by atoms with Crippen LogP contribution in [0.5, 0.6) is 5.75 Å². The number of benzene rings is 1. The van der Waals surface area contributed by atoms with Crippen LogP contribution in [0.1, 0.15) is 26.2 Å². The Hall–Kier alpha value is -1.06. The van der Waals surface area contributed by atoms with E-state index in [2.05, 4.69) is 6.92 Å². The average molecular weight is 223 g/mol. The van der Waals surface area contributed by atoms with E-state index in [0.717, 1.165) is 38.1 Å². The summed E-state index contributed by atoms with van der Waals surface area (Å²) in [5.41, 5.74) is 0. The van der Waals surface area contributed by atoms with Crippen molar-refractivity contribution in [3.8, 4) is 5.75 Å². The molecule has 3 nitrogen and oxygen atoms in total. The lowest BCUT2D eigenvalue weighted by Crippen LogP contribution is -2.30. The van der Waals surface area contributed by atoms with Crippen LogP contribution < -0.4 is 4.84 Å². The SMILES string of the molecule is CCCCN(CCCO)Oc1ccccc1. The summed E-state index contributed by atoms with van der Waals surface area (Å²) in [6, 6.07) is 9.77. The summed E-state index contributed by atoms with van der Waals surface area (Å²) in [6.45, 7) is 4.05. The molecule has 1 N–H and O–H groups in total. The Morgan fingerprint density at radius 1 is 1.12 bits per heavy atom. The number of aliphatic hydroxyl groups is 1. The third kappa shape index (κ3) is 5.14. The number of unbranched alkanes of at least 4 members (excludes halogenated alkanes) is 1. The average Bonchev–Trinajstić information content (AvgIpc) is 2.34. The Balaban J connectivity index is 2.42. The molecule has 1 rings (SSSR count). The van der Waals surface area contributed by atoms with Gasteiger partial charge in [-0.25, -0.2) is 0 Å². The zero-order valence-electron chi connectivity index (χ0n) is 9.93. The maximum Gasteiger partial charge on any atom is 0.147 e. The number of nitrogens with zero attached hydrogens (tertiary/aromatic N) is 1. The molecule has 90 valence electrons. The fourth-order valence-electron chi connectivity index (χ4n) is 1.42. The van der Waals surface area contributed by atoms with E-state index in [1.54, 1.807) is 0 Å². The van der Waals surface area contributed by atoms with Gasteiger partial charge in [0.25, 0.3) is 0 Å². The van der Waals surface area contributed by atoms with Crippen molar-refractivity contribution in [2.24, 2.45) is 0 Å². The van der Waals surface area contributed by atoms with E-state index in [9.17, 15) is 0 Å². The number of hydrogen-bond acceptors (Lipinski definition) is 3. The van der Waals surface area contributed by atoms with E-state index in [1.165, 1.54) is 0 Å². The molecule has 0 unspecified atom stereocenters. The van der Waals surface area contributed by atoms with Crippen LogP contribution in [-0.2, 0) is 0 Å². The minimum absolute atomic E-state index is 0.209. The van der Waals surface area contributed by atoms with Gasteiger partial charge in [0.2, 0.25) is 0 Å². The van der Waals surface area contributed by atoms with Gasteiger partial charge in [-0.1, -0.05) is 31.5 Å². The normalized spacial score (nSPS) is 10.7. The van der Waals surface area contributed by atoms with E-state index in [4.69, 9.17) is 9.94 Å². The molecular weight excluding hydrogens is 202 g/mol. The van der Waals surface area contributed by atoms with Gasteiger partial charge in [0.15, 0.2) is 0 Å². The highest BCUT2D eigenvalue weighted by Gasteiger charge is 2.05. The molecule has 1 aromatic rings. The Morgan fingerprint density at radius 3 is 2.44 bits per heavy atom. The molecule has 0 radical (unpaired) electrons. The van der Waals surface area contributed by atoms with Crippen LogP contribution >= 0.6 is 0 Å². The maximum atomic E-state index is 8.82. The first-order valence-electron chi connectivity index (χ1n) is 5.95. The van der Waals surface area contributed by atoms with E-state index in [-0.39, 0.29) is 6.61 Å². The fourth-order valence-corrected chi connectivity index (χ4v) is 1.42. The van der Waals surface area contributed by atoms with E-state index in [0.29, 0.717) is 0 Å². The summed E-state index contributed by atoms with van der Waals surface area (Å²) >= 11 is 0. The minimum atomic E-state index is 0.209. The second-order valence-electron chi connectivity index (χ2n) is 3.76. The lowest BCUT2D eigenvalue weighted by molar-refractivity contribution is -0.0624. The molecule has 0 aliphatic heterocycles. The fraction of sp³-hybridized carbons (Fsp3) is 0.538. The highest BCUT2D eigenvalue weighted by Crippen LogP contribution is 2.11. The van der Waals surface area contributed by atoms with Crippen LogP contribution in [0.2, 0.25) is 0 Å². The molecule has 0 spiro atoms. The van der Waals surface area contributed by atoms with Crippen molar-refractivity contribution in [1.82, 2.24) is 5.06 Å². The van der Waals surface area contributed by atoms with Crippen LogP contribution in [-0.4, -0.2) is 29.9 Å².